The Morgan fingerprint density at radius 2 is 1.92 bits per heavy atom. The number of hydrogen-bond donors (Lipinski definition) is 2. The van der Waals surface area contributed by atoms with Crippen molar-refractivity contribution in [3.63, 3.8) is 0 Å². The van der Waals surface area contributed by atoms with Crippen LogP contribution in [0.5, 0.6) is 11.5 Å². The SMILES string of the molecule is CCS(=O)(=O)N1CCC(C(=O)Nc2cc3c(cc2N)OCO3)CC1. The quantitative estimate of drug-likeness (QED) is 0.780. The lowest BCUT2D eigenvalue weighted by Crippen LogP contribution is -2.42. The lowest BCUT2D eigenvalue weighted by Gasteiger charge is -2.30. The second-order valence-electron chi connectivity index (χ2n) is 5.86. The lowest BCUT2D eigenvalue weighted by molar-refractivity contribution is -0.120. The first-order valence-electron chi connectivity index (χ1n) is 7.88. The Hall–Kier alpha value is -2.00. The Labute approximate surface area is 141 Å². The number of rotatable bonds is 4. The third-order valence-corrected chi connectivity index (χ3v) is 6.27. The summed E-state index contributed by atoms with van der Waals surface area (Å²) in [5.74, 6) is 0.789. The summed E-state index contributed by atoms with van der Waals surface area (Å²) in [6, 6.07) is 3.26. The van der Waals surface area contributed by atoms with E-state index in [1.807, 2.05) is 0 Å². The number of nitrogen functional groups attached to an aromatic ring is 1. The van der Waals surface area contributed by atoms with E-state index in [0.29, 0.717) is 48.8 Å². The van der Waals surface area contributed by atoms with E-state index in [1.165, 1.54) is 4.31 Å². The Bertz CT molecular complexity index is 742. The van der Waals surface area contributed by atoms with Gasteiger partial charge in [-0.05, 0) is 19.8 Å². The standard InChI is InChI=1S/C15H21N3O5S/c1-2-24(20,21)18-5-3-10(4-6-18)15(19)17-12-8-14-13(7-11(12)16)22-9-23-14/h7-8,10H,2-6,9,16H2,1H3,(H,17,19). The third kappa shape index (κ3) is 3.27. The van der Waals surface area contributed by atoms with Gasteiger partial charge in [-0.25, -0.2) is 12.7 Å². The molecule has 3 N–H and O–H groups in total. The summed E-state index contributed by atoms with van der Waals surface area (Å²) < 4.78 is 35.7. The maximum atomic E-state index is 12.4. The number of amides is 1. The van der Waals surface area contributed by atoms with Crippen LogP contribution in [0.15, 0.2) is 12.1 Å². The van der Waals surface area contributed by atoms with Crippen molar-refractivity contribution in [3.05, 3.63) is 12.1 Å². The van der Waals surface area contributed by atoms with E-state index >= 15 is 0 Å². The summed E-state index contributed by atoms with van der Waals surface area (Å²) >= 11 is 0. The van der Waals surface area contributed by atoms with E-state index in [1.54, 1.807) is 19.1 Å². The second-order valence-corrected chi connectivity index (χ2v) is 8.11. The first kappa shape index (κ1) is 16.8. The normalized spacial score (nSPS) is 18.5. The molecule has 1 aromatic carbocycles. The topological polar surface area (TPSA) is 111 Å². The molecule has 9 heteroatoms. The zero-order chi connectivity index (χ0) is 17.3. The molecule has 0 unspecified atom stereocenters. The number of anilines is 2. The molecule has 1 fully saturated rings. The number of sulfonamides is 1. The number of benzene rings is 1. The molecular weight excluding hydrogens is 334 g/mol. The van der Waals surface area contributed by atoms with Gasteiger partial charge >= 0.3 is 0 Å². The number of nitrogens with zero attached hydrogens (tertiary/aromatic N) is 1. The molecule has 0 radical (unpaired) electrons. The Morgan fingerprint density at radius 3 is 2.54 bits per heavy atom. The van der Waals surface area contributed by atoms with Gasteiger partial charge in [0.25, 0.3) is 0 Å². The van der Waals surface area contributed by atoms with Gasteiger partial charge < -0.3 is 20.5 Å². The zero-order valence-electron chi connectivity index (χ0n) is 13.4. The average molecular weight is 355 g/mol. The highest BCUT2D eigenvalue weighted by Gasteiger charge is 2.30. The van der Waals surface area contributed by atoms with Crippen LogP contribution in [0.3, 0.4) is 0 Å². The summed E-state index contributed by atoms with van der Waals surface area (Å²) in [4.78, 5) is 12.4. The number of fused-ring (bicyclic) bond motifs is 1. The molecule has 0 aromatic heterocycles. The van der Waals surface area contributed by atoms with Crippen LogP contribution in [-0.2, 0) is 14.8 Å². The second kappa shape index (κ2) is 6.48. The molecular formula is C15H21N3O5S. The first-order chi connectivity index (χ1) is 11.4. The van der Waals surface area contributed by atoms with E-state index < -0.39 is 10.0 Å². The highest BCUT2D eigenvalue weighted by molar-refractivity contribution is 7.89. The van der Waals surface area contributed by atoms with E-state index in [9.17, 15) is 13.2 Å². The lowest BCUT2D eigenvalue weighted by atomic mass is 9.97. The minimum absolute atomic E-state index is 0.0809. The largest absolute Gasteiger partial charge is 0.454 e. The smallest absolute Gasteiger partial charge is 0.231 e. The molecule has 0 atom stereocenters. The summed E-state index contributed by atoms with van der Waals surface area (Å²) in [5.41, 5.74) is 6.81. The highest BCUT2D eigenvalue weighted by atomic mass is 32.2. The summed E-state index contributed by atoms with van der Waals surface area (Å²) in [7, 11) is -3.19. The fourth-order valence-electron chi connectivity index (χ4n) is 2.88. The van der Waals surface area contributed by atoms with E-state index in [4.69, 9.17) is 15.2 Å². The monoisotopic (exact) mass is 355 g/mol. The van der Waals surface area contributed by atoms with Gasteiger partial charge in [-0.3, -0.25) is 4.79 Å². The van der Waals surface area contributed by atoms with Gasteiger partial charge in [-0.2, -0.15) is 0 Å². The van der Waals surface area contributed by atoms with Crippen molar-refractivity contribution in [2.24, 2.45) is 5.92 Å². The van der Waals surface area contributed by atoms with Gasteiger partial charge in [0.05, 0.1) is 17.1 Å². The zero-order valence-corrected chi connectivity index (χ0v) is 14.3. The van der Waals surface area contributed by atoms with Crippen LogP contribution in [0.25, 0.3) is 0 Å². The summed E-state index contributed by atoms with van der Waals surface area (Å²) in [5, 5.41) is 2.81. The van der Waals surface area contributed by atoms with Gasteiger partial charge in [0, 0.05) is 31.1 Å². The fourth-order valence-corrected chi connectivity index (χ4v) is 4.01. The van der Waals surface area contributed by atoms with Gasteiger partial charge in [0.15, 0.2) is 11.5 Å². The molecule has 132 valence electrons. The first-order valence-corrected chi connectivity index (χ1v) is 9.49. The minimum atomic E-state index is -3.19. The molecule has 0 spiro atoms. The summed E-state index contributed by atoms with van der Waals surface area (Å²) in [6.07, 6.45) is 0.991. The van der Waals surface area contributed by atoms with Crippen molar-refractivity contribution in [2.75, 3.05) is 36.7 Å². The number of carbonyl (C=O) groups excluding carboxylic acids is 1. The number of nitrogens with two attached hydrogens (primary N) is 1. The Morgan fingerprint density at radius 1 is 1.29 bits per heavy atom. The van der Waals surface area contributed by atoms with E-state index in [2.05, 4.69) is 5.32 Å². The van der Waals surface area contributed by atoms with Crippen molar-refractivity contribution in [2.45, 2.75) is 19.8 Å². The van der Waals surface area contributed by atoms with Crippen LogP contribution in [0.2, 0.25) is 0 Å². The number of carbonyl (C=O) groups is 1. The Balaban J connectivity index is 1.63. The van der Waals surface area contributed by atoms with E-state index in [0.717, 1.165) is 0 Å². The van der Waals surface area contributed by atoms with Crippen LogP contribution in [0, 0.1) is 5.92 Å². The molecule has 3 rings (SSSR count). The number of piperidine rings is 1. The molecule has 2 aliphatic heterocycles. The molecule has 2 heterocycles. The van der Waals surface area contributed by atoms with Crippen LogP contribution in [0.1, 0.15) is 19.8 Å². The predicted molar refractivity (Wildman–Crippen MR) is 89.4 cm³/mol. The van der Waals surface area contributed by atoms with Gasteiger partial charge in [-0.1, -0.05) is 0 Å². The summed E-state index contributed by atoms with van der Waals surface area (Å²) in [6.45, 7) is 2.49. The van der Waals surface area contributed by atoms with Crippen molar-refractivity contribution in [1.82, 2.24) is 4.31 Å². The van der Waals surface area contributed by atoms with E-state index in [-0.39, 0.29) is 24.4 Å². The molecule has 1 aromatic rings. The highest BCUT2D eigenvalue weighted by Crippen LogP contribution is 2.38. The molecule has 0 bridgehead atoms. The van der Waals surface area contributed by atoms with Crippen LogP contribution >= 0.6 is 0 Å². The maximum Gasteiger partial charge on any atom is 0.231 e. The molecule has 0 saturated carbocycles. The number of hydrogen-bond acceptors (Lipinski definition) is 6. The minimum Gasteiger partial charge on any atom is -0.454 e. The molecule has 8 nitrogen and oxygen atoms in total. The van der Waals surface area contributed by atoms with Gasteiger partial charge in [0.2, 0.25) is 22.7 Å². The maximum absolute atomic E-state index is 12.4. The Kier molecular flexibility index (Phi) is 4.55. The molecule has 24 heavy (non-hydrogen) atoms. The van der Waals surface area contributed by atoms with Crippen molar-refractivity contribution < 1.29 is 22.7 Å². The van der Waals surface area contributed by atoms with Crippen molar-refractivity contribution >= 4 is 27.3 Å². The van der Waals surface area contributed by atoms with Crippen LogP contribution in [0.4, 0.5) is 11.4 Å². The van der Waals surface area contributed by atoms with Crippen LogP contribution < -0.4 is 20.5 Å². The molecule has 0 aliphatic carbocycles. The molecule has 1 saturated heterocycles. The average Bonchev–Trinajstić information content (AvgIpc) is 3.02. The van der Waals surface area contributed by atoms with Crippen molar-refractivity contribution in [1.29, 1.82) is 0 Å². The van der Waals surface area contributed by atoms with Crippen molar-refractivity contribution in [3.8, 4) is 11.5 Å². The van der Waals surface area contributed by atoms with Gasteiger partial charge in [-0.15, -0.1) is 0 Å². The molecule has 2 aliphatic rings. The fraction of sp³-hybridized carbons (Fsp3) is 0.533. The number of nitrogens with one attached hydrogen (secondary N) is 1. The predicted octanol–water partition coefficient (Wildman–Crippen LogP) is 0.998. The van der Waals surface area contributed by atoms with Crippen LogP contribution in [-0.4, -0.2) is 44.3 Å². The molecule has 1 amide bonds. The number of ether oxygens (including phenoxy) is 2. The third-order valence-electron chi connectivity index (χ3n) is 4.39. The van der Waals surface area contributed by atoms with Gasteiger partial charge in [0.1, 0.15) is 0 Å².